The average molecular weight is 2010 g/mol. The Kier molecular flexibility index (Phi) is 78.6. The minimum atomic E-state index is -1.05. The molecule has 5 rings (SSSR count). The number of unbranched alkanes of at least 4 members (excludes halogenated alkanes) is 7. The van der Waals surface area contributed by atoms with Gasteiger partial charge in [0.2, 0.25) is 5.91 Å². The molecule has 2 N–H and O–H groups in total. The summed E-state index contributed by atoms with van der Waals surface area (Å²) in [6.45, 7) is 44.6. The third-order valence-corrected chi connectivity index (χ3v) is 27.2. The predicted molar refractivity (Wildman–Crippen MR) is 530 cm³/mol. The van der Waals surface area contributed by atoms with Crippen LogP contribution in [0, 0.1) is 88.8 Å². The van der Waals surface area contributed by atoms with Crippen LogP contribution < -0.4 is 5.32 Å². The molecule has 19 atom stereocenters. The van der Waals surface area contributed by atoms with Gasteiger partial charge < -0.3 is 81.9 Å². The number of hydrogen-bond donors (Lipinski definition) is 2. The Morgan fingerprint density at radius 1 is 0.333 bits per heavy atom. The van der Waals surface area contributed by atoms with Gasteiger partial charge in [-0.1, -0.05) is 160 Å². The van der Waals surface area contributed by atoms with Gasteiger partial charge in [-0.05, 0) is 260 Å². The third-order valence-electron chi connectivity index (χ3n) is 27.2. The molecule has 33 nitrogen and oxygen atoms in total. The molecule has 5 aliphatic rings. The maximum atomic E-state index is 13.0. The molecule has 5 fully saturated rings. The topological polar surface area (TPSA) is 420 Å². The van der Waals surface area contributed by atoms with Crippen molar-refractivity contribution in [2.75, 3.05) is 79.3 Å². The normalized spacial score (nSPS) is 23.6. The third kappa shape index (κ3) is 56.6. The van der Waals surface area contributed by atoms with Gasteiger partial charge in [-0.2, -0.15) is 14.7 Å². The summed E-state index contributed by atoms with van der Waals surface area (Å²) < 4.78 is 60.9. The first-order valence-corrected chi connectivity index (χ1v) is 53.6. The van der Waals surface area contributed by atoms with E-state index in [0.717, 1.165) is 122 Å². The second-order valence-corrected chi connectivity index (χ2v) is 38.1. The van der Waals surface area contributed by atoms with Crippen LogP contribution in [0.2, 0.25) is 0 Å². The van der Waals surface area contributed by atoms with E-state index in [1.807, 2.05) is 48.5 Å². The van der Waals surface area contributed by atoms with Crippen LogP contribution in [0.1, 0.15) is 373 Å². The number of allylic oxidation sites excluding steroid dienone is 3. The number of nitrogens with one attached hydrogen (secondary N) is 1. The quantitative estimate of drug-likeness (QED) is 0.0109. The van der Waals surface area contributed by atoms with Crippen molar-refractivity contribution in [3.8, 4) is 0 Å². The summed E-state index contributed by atoms with van der Waals surface area (Å²) in [5.74, 6) is -1.18. The highest BCUT2D eigenvalue weighted by Gasteiger charge is 2.56. The maximum absolute atomic E-state index is 13.0. The van der Waals surface area contributed by atoms with Crippen LogP contribution in [-0.4, -0.2) is 195 Å². The molecule has 33 heteroatoms. The van der Waals surface area contributed by atoms with E-state index in [9.17, 15) is 67.4 Å². The van der Waals surface area contributed by atoms with Crippen LogP contribution in [0.3, 0.4) is 0 Å². The van der Waals surface area contributed by atoms with E-state index in [1.54, 1.807) is 13.8 Å². The van der Waals surface area contributed by atoms with Crippen molar-refractivity contribution in [2.45, 2.75) is 403 Å². The number of carbonyl (C=O) groups is 13. The molecule has 0 bridgehead atoms. The summed E-state index contributed by atoms with van der Waals surface area (Å²) in [6.07, 6.45) is 32.6. The number of aliphatic hydroxyl groups excluding tert-OH is 1. The van der Waals surface area contributed by atoms with E-state index in [1.165, 1.54) is 51.4 Å². The van der Waals surface area contributed by atoms with Crippen molar-refractivity contribution < 1.29 is 154 Å². The Morgan fingerprint density at radius 3 is 0.979 bits per heavy atom. The molecular formula is C108H185NO32. The van der Waals surface area contributed by atoms with Gasteiger partial charge in [0.1, 0.15) is 23.4 Å². The predicted octanol–water partition coefficient (Wildman–Crippen LogP) is 20.3. The number of amides is 1. The SMILES string of the molecule is C=C(CCC)OOC1C(O)C(CCCCOC=O)C(CCCCOC=O)C(OOC(=C)CCC)C1OOC(=C)CCC.CCCCC(CC)CC(=O)NC1CCCCC1.CCCCOC(=O)C1CC(CCCCOC=O)C(CCCCOC=O)CC1C(=O)OCCCC.CCCOC(=O)C1CC(CCCOC=O)C(CCCOC=O)CC1C(=O)OCCC.CCOC(=O)C1CC(C)C(C)CC1C(=O)OCC. The monoisotopic (exact) mass is 2010 g/mol. The summed E-state index contributed by atoms with van der Waals surface area (Å²) in [5, 5.41) is 15.0. The number of rotatable bonds is 74. The molecule has 0 saturated heterocycles. The molecular weight excluding hydrogens is 1820 g/mol. The fraction of sp³-hybridized carbons (Fsp3) is 0.824. The van der Waals surface area contributed by atoms with Crippen molar-refractivity contribution in [1.82, 2.24) is 5.32 Å². The second-order valence-electron chi connectivity index (χ2n) is 38.1. The molecule has 0 aliphatic heterocycles. The van der Waals surface area contributed by atoms with Gasteiger partial charge in [0.25, 0.3) is 38.8 Å². The molecule has 19 unspecified atom stereocenters. The lowest BCUT2D eigenvalue weighted by atomic mass is 9.65. The van der Waals surface area contributed by atoms with Gasteiger partial charge in [0.05, 0.1) is 121 Å². The fourth-order valence-electron chi connectivity index (χ4n) is 19.3. The van der Waals surface area contributed by atoms with Gasteiger partial charge in [0, 0.05) is 31.7 Å². The molecule has 0 aromatic heterocycles. The number of aliphatic hydroxyl groups is 1. The lowest BCUT2D eigenvalue weighted by molar-refractivity contribution is -0.436. The zero-order valence-electron chi connectivity index (χ0n) is 88.3. The molecule has 1 amide bonds. The van der Waals surface area contributed by atoms with E-state index >= 15 is 0 Å². The molecule has 141 heavy (non-hydrogen) atoms. The Morgan fingerprint density at radius 2 is 0.645 bits per heavy atom. The molecule has 0 aromatic rings. The standard InChI is InChI=1S/C31H52O11.C26H44O8.C22H36O8.C15H29NO.C14H24O4/c1-7-14-23(4)37-40-29-27(18-11-13-20-36-22-33)26(17-10-12-19-35-21-32)28(34)30(41-38-24(5)15-8-2)31(29)42-39-25(6)16-9-3;1-3-5-15-33-25(29)23-17-21(11-7-9-13-31-19-27)22(12-8-10-14-32-20-28)18-24(23)26(30)34-16-6-4-2;1-3-9-29-21(25)19-13-17(7-5-11-27-15-23)18(8-6-12-28-16-24)14-20(19)22(26)30-10-4-2;1-3-5-9-13(4-2)12-15(17)16-14-10-7-6-8-11-14;1-5-17-13(15)11-7-9(3)10(4)8-12(11)14(16)18-6-2/h21-22,26-31,34H,4-20H2,1-3H3;19-24H,3-18H2,1-2H3;15-20H,3-14H2,1-2H3;13-14H,3-12H2,1-2H3,(H,16,17);9-12H,5-8H2,1-4H3. The summed E-state index contributed by atoms with van der Waals surface area (Å²) in [6, 6.07) is 0.472. The highest BCUT2D eigenvalue weighted by molar-refractivity contribution is 5.84. The van der Waals surface area contributed by atoms with Gasteiger partial charge >= 0.3 is 35.8 Å². The van der Waals surface area contributed by atoms with Crippen molar-refractivity contribution in [2.24, 2.45) is 88.8 Å². The first-order valence-electron chi connectivity index (χ1n) is 53.6. The highest BCUT2D eigenvalue weighted by Crippen LogP contribution is 2.48. The highest BCUT2D eigenvalue weighted by atomic mass is 17.2. The summed E-state index contributed by atoms with van der Waals surface area (Å²) in [4.78, 5) is 184. The second kappa shape index (κ2) is 84.9. The lowest BCUT2D eigenvalue weighted by Gasteiger charge is -2.47. The smallest absolute Gasteiger partial charge is 0.309 e. The zero-order valence-corrected chi connectivity index (χ0v) is 88.3. The van der Waals surface area contributed by atoms with E-state index in [4.69, 9.17) is 86.2 Å². The van der Waals surface area contributed by atoms with E-state index in [0.29, 0.717) is 261 Å². The number of esters is 6. The van der Waals surface area contributed by atoms with E-state index in [2.05, 4.69) is 52.7 Å². The first-order chi connectivity index (χ1) is 68.3. The average Bonchev–Trinajstić information content (AvgIpc) is 0.768. The number of ether oxygens (including phenoxy) is 12. The van der Waals surface area contributed by atoms with Gasteiger partial charge in [-0.3, -0.25) is 62.3 Å². The van der Waals surface area contributed by atoms with E-state index in [-0.39, 0.29) is 96.4 Å². The Labute approximate surface area is 843 Å². The lowest BCUT2D eigenvalue weighted by Crippen LogP contribution is -2.61. The van der Waals surface area contributed by atoms with Crippen LogP contribution in [0.25, 0.3) is 0 Å². The summed E-state index contributed by atoms with van der Waals surface area (Å²) >= 11 is 0. The summed E-state index contributed by atoms with van der Waals surface area (Å²) in [7, 11) is 0. The number of carbonyl (C=O) groups excluding carboxylic acids is 13. The molecule has 0 aromatic carbocycles. The van der Waals surface area contributed by atoms with Gasteiger partial charge in [-0.25, -0.2) is 0 Å². The Hall–Kier alpha value is -8.43. The van der Waals surface area contributed by atoms with Crippen LogP contribution in [0.4, 0.5) is 0 Å². The zero-order chi connectivity index (χ0) is 105. The Balaban J connectivity index is 0.000000913. The molecule has 0 spiro atoms. The molecule has 0 radical (unpaired) electrons. The van der Waals surface area contributed by atoms with Crippen molar-refractivity contribution in [3.05, 3.63) is 37.0 Å². The molecule has 5 aliphatic carbocycles. The molecule has 814 valence electrons. The Bertz CT molecular complexity index is 3230. The van der Waals surface area contributed by atoms with Crippen molar-refractivity contribution in [3.63, 3.8) is 0 Å². The maximum Gasteiger partial charge on any atom is 0.309 e. The van der Waals surface area contributed by atoms with Gasteiger partial charge in [0.15, 0.2) is 12.2 Å². The van der Waals surface area contributed by atoms with Crippen molar-refractivity contribution in [1.29, 1.82) is 0 Å². The minimum Gasteiger partial charge on any atom is -0.468 e. The largest absolute Gasteiger partial charge is 0.468 e. The van der Waals surface area contributed by atoms with Gasteiger partial charge in [-0.15, -0.1) is 0 Å². The van der Waals surface area contributed by atoms with Crippen LogP contribution in [0.5, 0.6) is 0 Å². The molecule has 5 saturated carbocycles. The van der Waals surface area contributed by atoms with E-state index < -0.39 is 48.1 Å². The fourth-order valence-corrected chi connectivity index (χ4v) is 19.3. The van der Waals surface area contributed by atoms with Crippen LogP contribution in [0.15, 0.2) is 37.0 Å². The van der Waals surface area contributed by atoms with Crippen molar-refractivity contribution >= 4 is 80.6 Å². The molecule has 0 heterocycles. The van der Waals surface area contributed by atoms with Crippen LogP contribution >= 0.6 is 0 Å². The first kappa shape index (κ1) is 131. The summed E-state index contributed by atoms with van der Waals surface area (Å²) in [5.41, 5.74) is 0. The minimum absolute atomic E-state index is 0.186. The van der Waals surface area contributed by atoms with Crippen LogP contribution in [-0.2, 0) is 148 Å². The number of hydrogen-bond acceptors (Lipinski definition) is 32.